The summed E-state index contributed by atoms with van der Waals surface area (Å²) in [5.74, 6) is -0.0605. The van der Waals surface area contributed by atoms with Crippen LogP contribution in [0.5, 0.6) is 0 Å². The Labute approximate surface area is 229 Å². The van der Waals surface area contributed by atoms with Crippen LogP contribution < -0.4 is 10.6 Å². The maximum absolute atomic E-state index is 13.7. The number of urea groups is 1. The van der Waals surface area contributed by atoms with E-state index in [1.807, 2.05) is 4.90 Å². The van der Waals surface area contributed by atoms with Crippen LogP contribution >= 0.6 is 0 Å². The predicted octanol–water partition coefficient (Wildman–Crippen LogP) is 3.64. The van der Waals surface area contributed by atoms with Gasteiger partial charge in [0, 0.05) is 25.7 Å². The minimum atomic E-state index is -0.671. The van der Waals surface area contributed by atoms with E-state index in [1.54, 1.807) is 11.8 Å². The number of likely N-dealkylation sites (tertiary alicyclic amines) is 1. The fourth-order valence-electron chi connectivity index (χ4n) is 6.11. The number of aliphatic hydroxyl groups excluding tert-OH is 1. The van der Waals surface area contributed by atoms with Crippen molar-refractivity contribution in [1.29, 1.82) is 0 Å². The lowest BCUT2D eigenvalue weighted by Gasteiger charge is -2.41. The van der Waals surface area contributed by atoms with Gasteiger partial charge < -0.3 is 25.4 Å². The summed E-state index contributed by atoms with van der Waals surface area (Å²) in [4.78, 5) is 43.0. The molecule has 218 valence electrons. The third-order valence-corrected chi connectivity index (χ3v) is 8.78. The summed E-state index contributed by atoms with van der Waals surface area (Å²) in [6.45, 7) is 13.9. The molecule has 9 heteroatoms. The average Bonchev–Trinajstić information content (AvgIpc) is 3.32. The van der Waals surface area contributed by atoms with Crippen molar-refractivity contribution in [2.75, 3.05) is 26.4 Å². The molecule has 0 radical (unpaired) electrons. The van der Waals surface area contributed by atoms with E-state index < -0.39 is 18.3 Å². The molecule has 2 saturated heterocycles. The number of hydrogen-bond acceptors (Lipinski definition) is 6. The van der Waals surface area contributed by atoms with E-state index >= 15 is 0 Å². The number of amides is 3. The molecule has 3 rings (SSSR count). The van der Waals surface area contributed by atoms with Gasteiger partial charge in [-0.1, -0.05) is 53.9 Å². The van der Waals surface area contributed by atoms with Crippen molar-refractivity contribution < 1.29 is 24.2 Å². The monoisotopic (exact) mass is 536 g/mol. The number of nitrogens with zero attached hydrogens (tertiary/aromatic N) is 2. The highest BCUT2D eigenvalue weighted by atomic mass is 16.5. The second kappa shape index (κ2) is 13.1. The second-order valence-electron chi connectivity index (χ2n) is 13.6. The van der Waals surface area contributed by atoms with Gasteiger partial charge in [-0.25, -0.2) is 4.79 Å². The normalized spacial score (nSPS) is 27.2. The molecule has 0 aromatic carbocycles. The van der Waals surface area contributed by atoms with Gasteiger partial charge in [-0.15, -0.1) is 0 Å². The summed E-state index contributed by atoms with van der Waals surface area (Å²) < 4.78 is 5.83. The fraction of sp³-hybridized carbons (Fsp3) is 0.897. The van der Waals surface area contributed by atoms with Crippen LogP contribution in [0.15, 0.2) is 0 Å². The molecule has 4 atom stereocenters. The molecule has 3 N–H and O–H groups in total. The van der Waals surface area contributed by atoms with E-state index in [1.165, 1.54) is 0 Å². The molecule has 1 saturated carbocycles. The molecule has 3 aliphatic rings. The van der Waals surface area contributed by atoms with Gasteiger partial charge in [-0.3, -0.25) is 14.5 Å². The maximum atomic E-state index is 13.7. The Morgan fingerprint density at radius 3 is 2.37 bits per heavy atom. The van der Waals surface area contributed by atoms with Gasteiger partial charge >= 0.3 is 6.03 Å². The second-order valence-corrected chi connectivity index (χ2v) is 13.6. The molecular weight excluding hydrogens is 484 g/mol. The molecule has 1 unspecified atom stereocenters. The van der Waals surface area contributed by atoms with Gasteiger partial charge in [0.25, 0.3) is 0 Å². The first kappa shape index (κ1) is 30.8. The SMILES string of the molecule is CC(=O)[C@@H]1CCCN1C(=O)[C@@H](NC(=O)N[C@H](CN1COCCC(C)(C)CC1O)C(C)(C)C)C1CCCCC1. The molecule has 38 heavy (non-hydrogen) atoms. The summed E-state index contributed by atoms with van der Waals surface area (Å²) in [6.07, 6.45) is 7.36. The van der Waals surface area contributed by atoms with Crippen molar-refractivity contribution in [2.45, 2.75) is 124 Å². The van der Waals surface area contributed by atoms with Gasteiger partial charge in [0.2, 0.25) is 5.91 Å². The van der Waals surface area contributed by atoms with Gasteiger partial charge in [-0.2, -0.15) is 0 Å². The summed E-state index contributed by atoms with van der Waals surface area (Å²) >= 11 is 0. The standard InChI is InChI=1S/C29H52N4O5/c1-20(34)22-13-10-15-33(22)26(36)25(21-11-8-7-9-12-21)31-27(37)30-23(28(2,3)4)18-32-19-38-16-14-29(5,6)17-24(32)35/h21-25,35H,7-19H2,1-6H3,(H2,30,31,37)/t22-,23+,24?,25-/m0/s1. The van der Waals surface area contributed by atoms with E-state index in [-0.39, 0.29) is 40.5 Å². The minimum Gasteiger partial charge on any atom is -0.378 e. The van der Waals surface area contributed by atoms with E-state index in [0.717, 1.165) is 44.9 Å². The van der Waals surface area contributed by atoms with Crippen LogP contribution in [0.4, 0.5) is 4.79 Å². The molecule has 9 nitrogen and oxygen atoms in total. The van der Waals surface area contributed by atoms with Crippen LogP contribution in [0.25, 0.3) is 0 Å². The molecule has 0 aromatic rings. The van der Waals surface area contributed by atoms with Crippen LogP contribution in [-0.2, 0) is 14.3 Å². The lowest BCUT2D eigenvalue weighted by molar-refractivity contribution is -0.139. The highest BCUT2D eigenvalue weighted by Gasteiger charge is 2.40. The van der Waals surface area contributed by atoms with Crippen LogP contribution in [-0.4, -0.2) is 83.4 Å². The van der Waals surface area contributed by atoms with E-state index in [9.17, 15) is 19.5 Å². The molecule has 0 aromatic heterocycles. The zero-order valence-electron chi connectivity index (χ0n) is 24.6. The zero-order chi connectivity index (χ0) is 28.1. The molecule has 0 bridgehead atoms. The number of hydrogen-bond donors (Lipinski definition) is 3. The predicted molar refractivity (Wildman–Crippen MR) is 147 cm³/mol. The highest BCUT2D eigenvalue weighted by Crippen LogP contribution is 2.31. The number of nitrogens with one attached hydrogen (secondary N) is 2. The molecule has 2 aliphatic heterocycles. The largest absolute Gasteiger partial charge is 0.378 e. The number of ketones is 1. The molecule has 2 heterocycles. The van der Waals surface area contributed by atoms with E-state index in [0.29, 0.717) is 39.3 Å². The van der Waals surface area contributed by atoms with E-state index in [2.05, 4.69) is 45.3 Å². The smallest absolute Gasteiger partial charge is 0.315 e. The van der Waals surface area contributed by atoms with Gasteiger partial charge in [0.1, 0.15) is 19.0 Å². The minimum absolute atomic E-state index is 0.00713. The highest BCUT2D eigenvalue weighted by molar-refractivity contribution is 5.92. The molecular formula is C29H52N4O5. The van der Waals surface area contributed by atoms with Gasteiger partial charge in [0.05, 0.1) is 6.04 Å². The Morgan fingerprint density at radius 2 is 1.74 bits per heavy atom. The Kier molecular flexibility index (Phi) is 10.6. The Hall–Kier alpha value is -1.71. The summed E-state index contributed by atoms with van der Waals surface area (Å²) in [5.41, 5.74) is -0.338. The van der Waals surface area contributed by atoms with Gasteiger partial charge in [-0.05, 0) is 62.2 Å². The quantitative estimate of drug-likeness (QED) is 0.458. The van der Waals surface area contributed by atoms with Crippen LogP contribution in [0, 0.1) is 16.7 Å². The summed E-state index contributed by atoms with van der Waals surface area (Å²) in [7, 11) is 0. The molecule has 1 aliphatic carbocycles. The average molecular weight is 537 g/mol. The number of carbonyl (C=O) groups is 3. The third-order valence-electron chi connectivity index (χ3n) is 8.78. The fourth-order valence-corrected chi connectivity index (χ4v) is 6.11. The van der Waals surface area contributed by atoms with Crippen LogP contribution in [0.1, 0.15) is 99.3 Å². The van der Waals surface area contributed by atoms with Crippen LogP contribution in [0.2, 0.25) is 0 Å². The number of Topliss-reactive ketones (excluding diaryl/α,β-unsaturated/α-hetero) is 1. The Bertz CT molecular complexity index is 820. The number of rotatable bonds is 7. The lowest BCUT2D eigenvalue weighted by Crippen LogP contribution is -2.60. The molecule has 3 fully saturated rings. The van der Waals surface area contributed by atoms with Crippen molar-refractivity contribution >= 4 is 17.7 Å². The first-order valence-corrected chi connectivity index (χ1v) is 14.7. The van der Waals surface area contributed by atoms with Crippen molar-refractivity contribution in [3.8, 4) is 0 Å². The Balaban J connectivity index is 1.73. The van der Waals surface area contributed by atoms with E-state index in [4.69, 9.17) is 4.74 Å². The number of carbonyl (C=O) groups excluding carboxylic acids is 3. The van der Waals surface area contributed by atoms with Crippen molar-refractivity contribution in [3.63, 3.8) is 0 Å². The molecule has 3 amide bonds. The topological polar surface area (TPSA) is 111 Å². The molecule has 0 spiro atoms. The number of ether oxygens (including phenoxy) is 1. The van der Waals surface area contributed by atoms with Crippen molar-refractivity contribution in [2.24, 2.45) is 16.7 Å². The third kappa shape index (κ3) is 8.39. The zero-order valence-corrected chi connectivity index (χ0v) is 24.6. The summed E-state index contributed by atoms with van der Waals surface area (Å²) in [5, 5.41) is 17.2. The van der Waals surface area contributed by atoms with Crippen molar-refractivity contribution in [1.82, 2.24) is 20.4 Å². The van der Waals surface area contributed by atoms with Gasteiger partial charge in [0.15, 0.2) is 5.78 Å². The van der Waals surface area contributed by atoms with Crippen molar-refractivity contribution in [3.05, 3.63) is 0 Å². The first-order valence-electron chi connectivity index (χ1n) is 14.7. The lowest BCUT2D eigenvalue weighted by atomic mass is 9.83. The number of aliphatic hydroxyl groups is 1. The van der Waals surface area contributed by atoms with Crippen LogP contribution in [0.3, 0.4) is 0 Å². The maximum Gasteiger partial charge on any atom is 0.315 e. The first-order chi connectivity index (χ1) is 17.8. The Morgan fingerprint density at radius 1 is 1.05 bits per heavy atom. The summed E-state index contributed by atoms with van der Waals surface area (Å²) in [6, 6.07) is -1.71.